The lowest BCUT2D eigenvalue weighted by Gasteiger charge is -2.36. The summed E-state index contributed by atoms with van der Waals surface area (Å²) in [6, 6.07) is 3.10. The van der Waals surface area contributed by atoms with Crippen molar-refractivity contribution in [1.29, 1.82) is 0 Å². The lowest BCUT2D eigenvalue weighted by molar-refractivity contribution is 0.0315. The number of hydrogen-bond donors (Lipinski definition) is 2. The molecule has 2 saturated heterocycles. The molecule has 2 aliphatic rings. The van der Waals surface area contributed by atoms with Gasteiger partial charge in [-0.15, -0.1) is 11.3 Å². The van der Waals surface area contributed by atoms with Gasteiger partial charge in [-0.05, 0) is 37.1 Å². The van der Waals surface area contributed by atoms with Crippen molar-refractivity contribution >= 4 is 11.3 Å². The second-order valence-corrected chi connectivity index (χ2v) is 6.40. The molecule has 2 aliphatic heterocycles. The topological polar surface area (TPSA) is 43.7 Å². The third-order valence-corrected chi connectivity index (χ3v) is 5.14. The summed E-state index contributed by atoms with van der Waals surface area (Å²) in [4.78, 5) is 3.83. The van der Waals surface area contributed by atoms with E-state index in [-0.39, 0.29) is 12.7 Å². The van der Waals surface area contributed by atoms with Crippen LogP contribution < -0.4 is 0 Å². The third kappa shape index (κ3) is 2.70. The van der Waals surface area contributed by atoms with Gasteiger partial charge in [0.1, 0.15) is 6.61 Å². The van der Waals surface area contributed by atoms with Gasteiger partial charge in [0.2, 0.25) is 0 Å². The average molecular weight is 277 g/mol. The van der Waals surface area contributed by atoms with Gasteiger partial charge < -0.3 is 10.2 Å². The van der Waals surface area contributed by atoms with Crippen molar-refractivity contribution in [2.24, 2.45) is 0 Å². The first kappa shape index (κ1) is 13.1. The number of rotatable bonds is 2. The molecule has 0 aromatic carbocycles. The third-order valence-electron chi connectivity index (χ3n) is 4.23. The Morgan fingerprint density at radius 1 is 1.32 bits per heavy atom. The highest BCUT2D eigenvalue weighted by molar-refractivity contribution is 7.10. The zero-order valence-electron chi connectivity index (χ0n) is 10.9. The van der Waals surface area contributed by atoms with E-state index < -0.39 is 0 Å². The lowest BCUT2D eigenvalue weighted by atomic mass is 9.99. The summed E-state index contributed by atoms with van der Waals surface area (Å²) in [6.45, 7) is 0.853. The first-order valence-corrected chi connectivity index (χ1v) is 7.76. The fourth-order valence-electron chi connectivity index (χ4n) is 3.38. The van der Waals surface area contributed by atoms with E-state index in [2.05, 4.69) is 22.1 Å². The van der Waals surface area contributed by atoms with Crippen LogP contribution in [0.25, 0.3) is 0 Å². The van der Waals surface area contributed by atoms with Gasteiger partial charge in [-0.2, -0.15) is 0 Å². The van der Waals surface area contributed by atoms with E-state index in [0.717, 1.165) is 24.9 Å². The maximum Gasteiger partial charge on any atom is 0.104 e. The highest BCUT2D eigenvalue weighted by Crippen LogP contribution is 2.37. The van der Waals surface area contributed by atoms with Gasteiger partial charge >= 0.3 is 0 Å². The SMILES string of the molecule is OCC#Cc1ccsc1CN1C2CCC1CC(O)C2. The van der Waals surface area contributed by atoms with Crippen LogP contribution in [-0.2, 0) is 6.54 Å². The zero-order valence-corrected chi connectivity index (χ0v) is 11.7. The summed E-state index contributed by atoms with van der Waals surface area (Å²) in [5.74, 6) is 5.75. The van der Waals surface area contributed by atoms with Gasteiger partial charge in [0.05, 0.1) is 6.10 Å². The van der Waals surface area contributed by atoms with Crippen molar-refractivity contribution < 1.29 is 10.2 Å². The summed E-state index contributed by atoms with van der Waals surface area (Å²) >= 11 is 1.74. The predicted octanol–water partition coefficient (Wildman–Crippen LogP) is 1.58. The molecule has 2 N–H and O–H groups in total. The second kappa shape index (κ2) is 5.64. The van der Waals surface area contributed by atoms with Gasteiger partial charge in [-0.1, -0.05) is 11.8 Å². The number of aliphatic hydroxyl groups is 2. The number of fused-ring (bicyclic) bond motifs is 2. The van der Waals surface area contributed by atoms with Gasteiger partial charge in [0.25, 0.3) is 0 Å². The predicted molar refractivity (Wildman–Crippen MR) is 75.9 cm³/mol. The minimum atomic E-state index is -0.106. The van der Waals surface area contributed by atoms with Crippen molar-refractivity contribution in [2.75, 3.05) is 6.61 Å². The first-order chi connectivity index (χ1) is 9.28. The fraction of sp³-hybridized carbons (Fsp3) is 0.600. The number of aliphatic hydroxyl groups excluding tert-OH is 2. The monoisotopic (exact) mass is 277 g/mol. The Bertz CT molecular complexity index is 488. The van der Waals surface area contributed by atoms with Crippen molar-refractivity contribution in [1.82, 2.24) is 4.90 Å². The van der Waals surface area contributed by atoms with E-state index in [4.69, 9.17) is 5.11 Å². The highest BCUT2D eigenvalue weighted by atomic mass is 32.1. The highest BCUT2D eigenvalue weighted by Gasteiger charge is 2.40. The van der Waals surface area contributed by atoms with Gasteiger partial charge in [-0.3, -0.25) is 4.90 Å². The Kier molecular flexibility index (Phi) is 3.90. The van der Waals surface area contributed by atoms with Crippen molar-refractivity contribution in [3.8, 4) is 11.8 Å². The molecule has 2 unspecified atom stereocenters. The number of piperidine rings is 1. The standard InChI is InChI=1S/C15H19NO2S/c17-6-1-2-11-5-7-19-15(11)10-16-12-3-4-13(16)9-14(18)8-12/h5,7,12-14,17-18H,3-4,6,8-10H2. The molecule has 0 amide bonds. The Morgan fingerprint density at radius 2 is 2.05 bits per heavy atom. The largest absolute Gasteiger partial charge is 0.393 e. The number of hydrogen-bond acceptors (Lipinski definition) is 4. The second-order valence-electron chi connectivity index (χ2n) is 5.40. The minimum Gasteiger partial charge on any atom is -0.393 e. The van der Waals surface area contributed by atoms with Crippen LogP contribution in [0.1, 0.15) is 36.1 Å². The van der Waals surface area contributed by atoms with Crippen LogP contribution in [0.5, 0.6) is 0 Å². The Labute approximate surface area is 117 Å². The molecule has 3 rings (SSSR count). The maximum absolute atomic E-state index is 9.83. The molecule has 0 spiro atoms. The molecule has 19 heavy (non-hydrogen) atoms. The molecule has 0 saturated carbocycles. The minimum absolute atomic E-state index is 0.0869. The van der Waals surface area contributed by atoms with Crippen LogP contribution >= 0.6 is 11.3 Å². The molecular formula is C15H19NO2S. The summed E-state index contributed by atoms with van der Waals surface area (Å²) in [6.07, 6.45) is 4.15. The van der Waals surface area contributed by atoms with Crippen molar-refractivity contribution in [3.63, 3.8) is 0 Å². The smallest absolute Gasteiger partial charge is 0.104 e. The quantitative estimate of drug-likeness (QED) is 0.807. The Morgan fingerprint density at radius 3 is 2.74 bits per heavy atom. The Hall–Kier alpha value is -0.860. The fourth-order valence-corrected chi connectivity index (χ4v) is 4.22. The maximum atomic E-state index is 9.83. The zero-order chi connectivity index (χ0) is 13.2. The molecule has 102 valence electrons. The average Bonchev–Trinajstić information content (AvgIpc) is 2.92. The molecule has 1 aromatic rings. The molecule has 2 atom stereocenters. The molecule has 0 aliphatic carbocycles. The molecule has 2 fully saturated rings. The first-order valence-electron chi connectivity index (χ1n) is 6.88. The van der Waals surface area contributed by atoms with Crippen LogP contribution in [0, 0.1) is 11.8 Å². The summed E-state index contributed by atoms with van der Waals surface area (Å²) < 4.78 is 0. The van der Waals surface area contributed by atoms with Crippen molar-refractivity contribution in [2.45, 2.75) is 50.4 Å². The molecular weight excluding hydrogens is 258 g/mol. The van der Waals surface area contributed by atoms with Gasteiger partial charge in [0, 0.05) is 29.1 Å². The van der Waals surface area contributed by atoms with E-state index in [1.807, 2.05) is 6.07 Å². The summed E-state index contributed by atoms with van der Waals surface area (Å²) in [5, 5.41) is 20.7. The van der Waals surface area contributed by atoms with E-state index in [9.17, 15) is 5.11 Å². The molecule has 1 aromatic heterocycles. The molecule has 3 heterocycles. The number of thiophene rings is 1. The van der Waals surface area contributed by atoms with Crippen LogP contribution in [0.2, 0.25) is 0 Å². The summed E-state index contributed by atoms with van der Waals surface area (Å²) in [7, 11) is 0. The van der Waals surface area contributed by atoms with Gasteiger partial charge in [0.15, 0.2) is 0 Å². The lowest BCUT2D eigenvalue weighted by Crippen LogP contribution is -2.43. The van der Waals surface area contributed by atoms with Crippen LogP contribution in [0.15, 0.2) is 11.4 Å². The molecule has 4 heteroatoms. The van der Waals surface area contributed by atoms with E-state index in [0.29, 0.717) is 12.1 Å². The number of nitrogens with zero attached hydrogens (tertiary/aromatic N) is 1. The van der Waals surface area contributed by atoms with E-state index >= 15 is 0 Å². The van der Waals surface area contributed by atoms with Crippen LogP contribution in [-0.4, -0.2) is 39.9 Å². The normalized spacial score (nSPS) is 30.1. The van der Waals surface area contributed by atoms with Gasteiger partial charge in [-0.25, -0.2) is 0 Å². The Balaban J connectivity index is 1.74. The van der Waals surface area contributed by atoms with Crippen LogP contribution in [0.3, 0.4) is 0 Å². The van der Waals surface area contributed by atoms with Crippen LogP contribution in [0.4, 0.5) is 0 Å². The molecule has 3 nitrogen and oxygen atoms in total. The molecule has 0 radical (unpaired) electrons. The van der Waals surface area contributed by atoms with Crippen molar-refractivity contribution in [3.05, 3.63) is 21.9 Å². The molecule has 2 bridgehead atoms. The van der Waals surface area contributed by atoms with E-state index in [1.54, 1.807) is 11.3 Å². The summed E-state index contributed by atoms with van der Waals surface area (Å²) in [5.41, 5.74) is 1.05. The van der Waals surface area contributed by atoms with E-state index in [1.165, 1.54) is 17.7 Å².